The minimum atomic E-state index is -0.231. The van der Waals surface area contributed by atoms with Gasteiger partial charge in [-0.3, -0.25) is 9.59 Å². The lowest BCUT2D eigenvalue weighted by atomic mass is 9.99. The second-order valence-corrected chi connectivity index (χ2v) is 5.01. The molecule has 1 aliphatic heterocycles. The summed E-state index contributed by atoms with van der Waals surface area (Å²) in [6.45, 7) is 2.88. The second-order valence-electron chi connectivity index (χ2n) is 5.01. The molecule has 20 heavy (non-hydrogen) atoms. The molecule has 1 saturated heterocycles. The molecule has 8 heteroatoms. The van der Waals surface area contributed by atoms with Crippen LogP contribution in [0, 0.1) is 5.92 Å². The van der Waals surface area contributed by atoms with Gasteiger partial charge in [0.25, 0.3) is 0 Å². The zero-order chi connectivity index (χ0) is 14.5. The molecule has 0 aromatic carbocycles. The number of carbonyl (C=O) groups excluding carboxylic acids is 2. The lowest BCUT2D eigenvalue weighted by Crippen LogP contribution is -2.42. The van der Waals surface area contributed by atoms with Crippen LogP contribution in [-0.4, -0.2) is 56.5 Å². The average molecular weight is 281 g/mol. The van der Waals surface area contributed by atoms with E-state index in [9.17, 15) is 9.59 Å². The zero-order valence-electron chi connectivity index (χ0n) is 11.4. The second kappa shape index (κ2) is 6.47. The normalized spacial score (nSPS) is 18.9. The number of nitrogens with one attached hydrogen (secondary N) is 1. The summed E-state index contributed by atoms with van der Waals surface area (Å²) in [4.78, 5) is 24.7. The zero-order valence-corrected chi connectivity index (χ0v) is 11.4. The Kier molecular flexibility index (Phi) is 4.67. The van der Waals surface area contributed by atoms with E-state index >= 15 is 0 Å². The number of aliphatic hydroxyl groups is 1. The van der Waals surface area contributed by atoms with E-state index in [1.54, 1.807) is 4.90 Å². The van der Waals surface area contributed by atoms with Crippen molar-refractivity contribution in [2.24, 2.45) is 5.92 Å². The first-order valence-electron chi connectivity index (χ1n) is 6.65. The summed E-state index contributed by atoms with van der Waals surface area (Å²) in [6.07, 6.45) is 3.38. The fourth-order valence-electron chi connectivity index (χ4n) is 2.29. The Morgan fingerprint density at radius 1 is 1.55 bits per heavy atom. The number of amides is 2. The number of carbonyl (C=O) groups is 2. The summed E-state index contributed by atoms with van der Waals surface area (Å²) < 4.78 is 1.40. The van der Waals surface area contributed by atoms with Gasteiger partial charge in [0.05, 0.1) is 6.20 Å². The summed E-state index contributed by atoms with van der Waals surface area (Å²) in [5, 5.41) is 19.2. The van der Waals surface area contributed by atoms with Gasteiger partial charge in [-0.2, -0.15) is 0 Å². The maximum atomic E-state index is 12.1. The highest BCUT2D eigenvalue weighted by atomic mass is 16.3. The quantitative estimate of drug-likeness (QED) is 0.772. The van der Waals surface area contributed by atoms with Gasteiger partial charge >= 0.3 is 0 Å². The van der Waals surface area contributed by atoms with Crippen molar-refractivity contribution in [2.45, 2.75) is 26.3 Å². The summed E-state index contributed by atoms with van der Waals surface area (Å²) in [5.74, 6) is 0.211. The number of hydrogen-bond acceptors (Lipinski definition) is 5. The van der Waals surface area contributed by atoms with Crippen LogP contribution in [0.1, 0.15) is 19.8 Å². The summed E-state index contributed by atoms with van der Waals surface area (Å²) >= 11 is 0. The van der Waals surface area contributed by atoms with Gasteiger partial charge in [0.2, 0.25) is 11.8 Å². The van der Waals surface area contributed by atoms with Gasteiger partial charge in [-0.25, -0.2) is 4.68 Å². The van der Waals surface area contributed by atoms with Crippen LogP contribution in [0.5, 0.6) is 0 Å². The summed E-state index contributed by atoms with van der Waals surface area (Å²) in [6, 6.07) is 0. The first-order valence-corrected chi connectivity index (χ1v) is 6.65. The van der Waals surface area contributed by atoms with Crippen LogP contribution in [0.2, 0.25) is 0 Å². The maximum Gasteiger partial charge on any atom is 0.244 e. The van der Waals surface area contributed by atoms with E-state index in [0.717, 1.165) is 12.8 Å². The number of hydrogen-bond donors (Lipinski definition) is 2. The molecule has 110 valence electrons. The number of nitrogens with zero attached hydrogens (tertiary/aromatic N) is 4. The van der Waals surface area contributed by atoms with Crippen molar-refractivity contribution in [1.82, 2.24) is 19.9 Å². The van der Waals surface area contributed by atoms with Crippen LogP contribution in [0.15, 0.2) is 6.20 Å². The average Bonchev–Trinajstić information content (AvgIpc) is 2.85. The highest BCUT2D eigenvalue weighted by Gasteiger charge is 2.23. The molecule has 2 rings (SSSR count). The van der Waals surface area contributed by atoms with E-state index in [1.807, 2.05) is 0 Å². The molecule has 1 aromatic rings. The van der Waals surface area contributed by atoms with Gasteiger partial charge in [0.15, 0.2) is 5.82 Å². The highest BCUT2D eigenvalue weighted by molar-refractivity contribution is 5.87. The molecule has 1 unspecified atom stereocenters. The van der Waals surface area contributed by atoms with E-state index < -0.39 is 0 Å². The van der Waals surface area contributed by atoms with E-state index in [2.05, 4.69) is 15.6 Å². The van der Waals surface area contributed by atoms with Crippen molar-refractivity contribution >= 4 is 17.6 Å². The van der Waals surface area contributed by atoms with E-state index in [-0.39, 0.29) is 30.9 Å². The molecule has 0 aliphatic carbocycles. The Labute approximate surface area is 116 Å². The van der Waals surface area contributed by atoms with Gasteiger partial charge in [0.1, 0.15) is 6.54 Å². The molecule has 1 aliphatic rings. The molecule has 1 fully saturated rings. The van der Waals surface area contributed by atoms with E-state index in [4.69, 9.17) is 5.11 Å². The molecule has 0 saturated carbocycles. The Morgan fingerprint density at radius 2 is 2.35 bits per heavy atom. The van der Waals surface area contributed by atoms with Crippen LogP contribution in [0.4, 0.5) is 5.82 Å². The fraction of sp³-hybridized carbons (Fsp3) is 0.667. The van der Waals surface area contributed by atoms with Crippen molar-refractivity contribution in [2.75, 3.05) is 25.0 Å². The largest absolute Gasteiger partial charge is 0.396 e. The summed E-state index contributed by atoms with van der Waals surface area (Å²) in [5.41, 5.74) is 0. The molecule has 1 aromatic heterocycles. The van der Waals surface area contributed by atoms with E-state index in [0.29, 0.717) is 18.9 Å². The standard InChI is InChI=1S/C12H19N5O3/c1-9(19)13-11-6-17(15-14-11)7-12(20)16-4-2-3-10(5-16)8-18/h6,10,18H,2-5,7-8H2,1H3,(H,13,19). The van der Waals surface area contributed by atoms with Crippen molar-refractivity contribution in [3.8, 4) is 0 Å². The Morgan fingerprint density at radius 3 is 3.05 bits per heavy atom. The van der Waals surface area contributed by atoms with Crippen molar-refractivity contribution in [3.05, 3.63) is 6.20 Å². The van der Waals surface area contributed by atoms with Crippen LogP contribution in [0.25, 0.3) is 0 Å². The highest BCUT2D eigenvalue weighted by Crippen LogP contribution is 2.16. The first kappa shape index (κ1) is 14.4. The predicted octanol–water partition coefficient (Wildman–Crippen LogP) is -0.533. The van der Waals surface area contributed by atoms with Crippen LogP contribution < -0.4 is 5.32 Å². The molecule has 2 N–H and O–H groups in total. The van der Waals surface area contributed by atoms with Gasteiger partial charge in [0, 0.05) is 26.6 Å². The molecule has 0 spiro atoms. The lowest BCUT2D eigenvalue weighted by molar-refractivity contribution is -0.134. The van der Waals surface area contributed by atoms with Gasteiger partial charge in [-0.15, -0.1) is 5.10 Å². The molecule has 1 atom stereocenters. The molecule has 8 nitrogen and oxygen atoms in total. The number of aliphatic hydroxyl groups excluding tert-OH is 1. The molecular weight excluding hydrogens is 262 g/mol. The SMILES string of the molecule is CC(=O)Nc1cn(CC(=O)N2CCCC(CO)C2)nn1. The molecule has 2 amide bonds. The Bertz CT molecular complexity index is 487. The van der Waals surface area contributed by atoms with Crippen LogP contribution in [0.3, 0.4) is 0 Å². The monoisotopic (exact) mass is 281 g/mol. The van der Waals surface area contributed by atoms with Gasteiger partial charge in [-0.1, -0.05) is 5.21 Å². The van der Waals surface area contributed by atoms with Gasteiger partial charge < -0.3 is 15.3 Å². The Balaban J connectivity index is 1.90. The number of likely N-dealkylation sites (tertiary alicyclic amines) is 1. The third-order valence-corrected chi connectivity index (χ3v) is 3.27. The molecule has 0 radical (unpaired) electrons. The first-order chi connectivity index (χ1) is 9.58. The van der Waals surface area contributed by atoms with Crippen molar-refractivity contribution < 1.29 is 14.7 Å². The minimum absolute atomic E-state index is 0.0533. The van der Waals surface area contributed by atoms with Gasteiger partial charge in [-0.05, 0) is 18.8 Å². The fourth-order valence-corrected chi connectivity index (χ4v) is 2.29. The predicted molar refractivity (Wildman–Crippen MR) is 70.7 cm³/mol. The summed E-state index contributed by atoms with van der Waals surface area (Å²) in [7, 11) is 0. The lowest BCUT2D eigenvalue weighted by Gasteiger charge is -2.31. The number of rotatable bonds is 4. The number of aromatic nitrogens is 3. The minimum Gasteiger partial charge on any atom is -0.396 e. The molecule has 0 bridgehead atoms. The number of piperidine rings is 1. The van der Waals surface area contributed by atoms with Crippen LogP contribution >= 0.6 is 0 Å². The Hall–Kier alpha value is -1.96. The van der Waals surface area contributed by atoms with Crippen molar-refractivity contribution in [3.63, 3.8) is 0 Å². The van der Waals surface area contributed by atoms with Crippen LogP contribution in [-0.2, 0) is 16.1 Å². The molecule has 2 heterocycles. The smallest absolute Gasteiger partial charge is 0.244 e. The third-order valence-electron chi connectivity index (χ3n) is 3.27. The van der Waals surface area contributed by atoms with Crippen molar-refractivity contribution in [1.29, 1.82) is 0 Å². The third kappa shape index (κ3) is 3.77. The van der Waals surface area contributed by atoms with E-state index in [1.165, 1.54) is 17.8 Å². The number of anilines is 1. The molecular formula is C12H19N5O3. The maximum absolute atomic E-state index is 12.1. The topological polar surface area (TPSA) is 100 Å².